The Morgan fingerprint density at radius 1 is 1.06 bits per heavy atom. The molecule has 0 unspecified atom stereocenters. The first-order valence-corrected chi connectivity index (χ1v) is 4.41. The number of hydrogen-bond donors (Lipinski definition) is 4. The van der Waals surface area contributed by atoms with Crippen LogP contribution in [0.1, 0.15) is 10.4 Å². The Hall–Kier alpha value is -2.43. The molecule has 4 N–H and O–H groups in total. The lowest BCUT2D eigenvalue weighted by Gasteiger charge is -2.07. The second-order valence-electron chi connectivity index (χ2n) is 3.33. The molecule has 0 amide bonds. The monoisotopic (exact) mass is 220 g/mol. The molecule has 0 bridgehead atoms. The van der Waals surface area contributed by atoms with E-state index in [1.807, 2.05) is 0 Å². The number of phenolic OH excluding ortho intramolecular Hbond substituents is 1. The van der Waals surface area contributed by atoms with Crippen LogP contribution in [0.25, 0.3) is 10.8 Å². The fourth-order valence-electron chi connectivity index (χ4n) is 1.57. The highest BCUT2D eigenvalue weighted by Crippen LogP contribution is 2.36. The molecule has 0 aliphatic heterocycles. The summed E-state index contributed by atoms with van der Waals surface area (Å²) < 4.78 is 0. The van der Waals surface area contributed by atoms with Gasteiger partial charge in [0.15, 0.2) is 0 Å². The largest absolute Gasteiger partial charge is 0.508 e. The van der Waals surface area contributed by atoms with Crippen molar-refractivity contribution in [1.82, 2.24) is 0 Å². The van der Waals surface area contributed by atoms with E-state index in [-0.39, 0.29) is 11.1 Å². The van der Waals surface area contributed by atoms with E-state index in [1.54, 1.807) is 0 Å². The van der Waals surface area contributed by atoms with Crippen molar-refractivity contribution in [2.45, 2.75) is 0 Å². The molecule has 2 aromatic carbocycles. The minimum absolute atomic E-state index is 0.0330. The van der Waals surface area contributed by atoms with Gasteiger partial charge in [0.1, 0.15) is 22.8 Å². The molecule has 0 atom stereocenters. The third-order valence-corrected chi connectivity index (χ3v) is 2.29. The lowest BCUT2D eigenvalue weighted by atomic mass is 10.0. The van der Waals surface area contributed by atoms with Crippen LogP contribution in [0.15, 0.2) is 24.3 Å². The number of carboxylic acid groups (broad SMARTS) is 1. The van der Waals surface area contributed by atoms with Gasteiger partial charge in [-0.15, -0.1) is 0 Å². The second kappa shape index (κ2) is 3.30. The van der Waals surface area contributed by atoms with Crippen molar-refractivity contribution in [3.63, 3.8) is 0 Å². The molecule has 0 heterocycles. The van der Waals surface area contributed by atoms with Crippen LogP contribution in [0.5, 0.6) is 17.2 Å². The summed E-state index contributed by atoms with van der Waals surface area (Å²) in [7, 11) is 0. The zero-order valence-corrected chi connectivity index (χ0v) is 8.01. The van der Waals surface area contributed by atoms with Crippen molar-refractivity contribution in [3.05, 3.63) is 29.8 Å². The molecular formula is C11H8O5. The number of fused-ring (bicyclic) bond motifs is 1. The summed E-state index contributed by atoms with van der Waals surface area (Å²) in [6, 6.07) is 5.20. The van der Waals surface area contributed by atoms with E-state index >= 15 is 0 Å². The smallest absolute Gasteiger partial charge is 0.343 e. The van der Waals surface area contributed by atoms with Gasteiger partial charge in [0, 0.05) is 5.39 Å². The summed E-state index contributed by atoms with van der Waals surface area (Å²) in [4.78, 5) is 10.8. The van der Waals surface area contributed by atoms with Gasteiger partial charge < -0.3 is 20.4 Å². The SMILES string of the molecule is O=C(O)c1c(O)cc2cc(O)ccc2c1O. The highest BCUT2D eigenvalue weighted by atomic mass is 16.4. The highest BCUT2D eigenvalue weighted by Gasteiger charge is 2.18. The third-order valence-electron chi connectivity index (χ3n) is 2.29. The first-order valence-electron chi connectivity index (χ1n) is 4.41. The molecule has 0 aromatic heterocycles. The predicted molar refractivity (Wildman–Crippen MR) is 55.9 cm³/mol. The van der Waals surface area contributed by atoms with Gasteiger partial charge in [0.2, 0.25) is 0 Å². The number of hydrogen-bond acceptors (Lipinski definition) is 4. The van der Waals surface area contributed by atoms with Gasteiger partial charge in [-0.2, -0.15) is 0 Å². The summed E-state index contributed by atoms with van der Waals surface area (Å²) in [5, 5.41) is 37.7. The van der Waals surface area contributed by atoms with E-state index in [0.29, 0.717) is 5.39 Å². The molecule has 2 aromatic rings. The van der Waals surface area contributed by atoms with Crippen molar-refractivity contribution in [1.29, 1.82) is 0 Å². The molecule has 0 aliphatic rings. The molecule has 0 aliphatic carbocycles. The Bertz CT molecular complexity index is 588. The Morgan fingerprint density at radius 3 is 2.38 bits per heavy atom. The van der Waals surface area contributed by atoms with Crippen molar-refractivity contribution in [2.75, 3.05) is 0 Å². The van der Waals surface area contributed by atoms with Crippen LogP contribution in [0.2, 0.25) is 0 Å². The first kappa shape index (κ1) is 10.1. The summed E-state index contributed by atoms with van der Waals surface area (Å²) in [5.41, 5.74) is -0.543. The number of rotatable bonds is 1. The number of aromatic carboxylic acids is 1. The van der Waals surface area contributed by atoms with Gasteiger partial charge in [0.25, 0.3) is 0 Å². The fourth-order valence-corrected chi connectivity index (χ4v) is 1.57. The predicted octanol–water partition coefficient (Wildman–Crippen LogP) is 1.65. The number of benzene rings is 2. The molecule has 16 heavy (non-hydrogen) atoms. The summed E-state index contributed by atoms with van der Waals surface area (Å²) >= 11 is 0. The number of phenols is 3. The molecule has 0 spiro atoms. The van der Waals surface area contributed by atoms with Crippen molar-refractivity contribution < 1.29 is 25.2 Å². The fraction of sp³-hybridized carbons (Fsp3) is 0. The van der Waals surface area contributed by atoms with E-state index < -0.39 is 23.0 Å². The lowest BCUT2D eigenvalue weighted by Crippen LogP contribution is -1.97. The van der Waals surface area contributed by atoms with Crippen LogP contribution < -0.4 is 0 Å². The quantitative estimate of drug-likeness (QED) is 0.585. The summed E-state index contributed by atoms with van der Waals surface area (Å²) in [6.45, 7) is 0. The highest BCUT2D eigenvalue weighted by molar-refractivity contribution is 6.03. The minimum atomic E-state index is -1.41. The Labute approximate surface area is 89.8 Å². The number of carboxylic acids is 1. The van der Waals surface area contributed by atoms with Gasteiger partial charge in [-0.1, -0.05) is 0 Å². The van der Waals surface area contributed by atoms with Gasteiger partial charge >= 0.3 is 5.97 Å². The molecule has 2 rings (SSSR count). The maximum Gasteiger partial charge on any atom is 0.343 e. The van der Waals surface area contributed by atoms with Crippen LogP contribution in [0.4, 0.5) is 0 Å². The van der Waals surface area contributed by atoms with Crippen LogP contribution in [-0.2, 0) is 0 Å². The molecular weight excluding hydrogens is 212 g/mol. The van der Waals surface area contributed by atoms with E-state index in [2.05, 4.69) is 0 Å². The Morgan fingerprint density at radius 2 is 1.75 bits per heavy atom. The molecule has 5 heteroatoms. The first-order chi connectivity index (χ1) is 7.50. The van der Waals surface area contributed by atoms with Crippen molar-refractivity contribution >= 4 is 16.7 Å². The van der Waals surface area contributed by atoms with Gasteiger partial charge in [0.05, 0.1) is 0 Å². The second-order valence-corrected chi connectivity index (χ2v) is 3.33. The van der Waals surface area contributed by atoms with Crippen LogP contribution >= 0.6 is 0 Å². The minimum Gasteiger partial charge on any atom is -0.508 e. The number of aromatic hydroxyl groups is 3. The molecule has 5 nitrogen and oxygen atoms in total. The standard InChI is InChI=1S/C11H8O5/c12-6-1-2-7-5(3-6)4-8(13)9(10(7)14)11(15)16/h1-4,12-14H,(H,15,16). The normalized spacial score (nSPS) is 10.5. The van der Waals surface area contributed by atoms with E-state index in [4.69, 9.17) is 5.11 Å². The maximum atomic E-state index is 10.8. The zero-order chi connectivity index (χ0) is 11.9. The van der Waals surface area contributed by atoms with Crippen LogP contribution in [0, 0.1) is 0 Å². The molecule has 0 fully saturated rings. The molecule has 0 radical (unpaired) electrons. The Balaban J connectivity index is 2.89. The summed E-state index contributed by atoms with van der Waals surface area (Å²) in [6.07, 6.45) is 0. The van der Waals surface area contributed by atoms with Crippen molar-refractivity contribution in [2.24, 2.45) is 0 Å². The molecule has 0 saturated heterocycles. The zero-order valence-electron chi connectivity index (χ0n) is 8.01. The molecule has 82 valence electrons. The molecule has 0 saturated carbocycles. The van der Waals surface area contributed by atoms with E-state index in [9.17, 15) is 20.1 Å². The van der Waals surface area contributed by atoms with Crippen molar-refractivity contribution in [3.8, 4) is 17.2 Å². The average molecular weight is 220 g/mol. The topological polar surface area (TPSA) is 98.0 Å². The number of carbonyl (C=O) groups is 1. The van der Waals surface area contributed by atoms with Gasteiger partial charge in [-0.05, 0) is 29.7 Å². The lowest BCUT2D eigenvalue weighted by molar-refractivity contribution is 0.0691. The average Bonchev–Trinajstić information content (AvgIpc) is 2.15. The summed E-state index contributed by atoms with van der Waals surface area (Å²) in [5.74, 6) is -2.50. The van der Waals surface area contributed by atoms with E-state index in [0.717, 1.165) is 0 Å². The third kappa shape index (κ3) is 1.38. The van der Waals surface area contributed by atoms with E-state index in [1.165, 1.54) is 24.3 Å². The van der Waals surface area contributed by atoms with Crippen LogP contribution in [-0.4, -0.2) is 26.4 Å². The maximum absolute atomic E-state index is 10.8. The Kier molecular flexibility index (Phi) is 2.09. The van der Waals surface area contributed by atoms with Gasteiger partial charge in [-0.3, -0.25) is 0 Å². The van der Waals surface area contributed by atoms with Gasteiger partial charge in [-0.25, -0.2) is 4.79 Å². The van der Waals surface area contributed by atoms with Crippen LogP contribution in [0.3, 0.4) is 0 Å².